The number of benzene rings is 4. The molecular formula is C48H22F18N6. The van der Waals surface area contributed by atoms with E-state index in [0.29, 0.717) is 22.0 Å². The third-order valence-corrected chi connectivity index (χ3v) is 11.5. The number of hydrogen-bond donors (Lipinski definition) is 2. The maximum Gasteiger partial charge on any atom is 0.200 e. The van der Waals surface area contributed by atoms with Crippen LogP contribution in [0.15, 0.2) is 24.3 Å². The van der Waals surface area contributed by atoms with Crippen molar-refractivity contribution in [1.29, 1.82) is 0 Å². The molecule has 2 N–H and O–H groups in total. The third-order valence-electron chi connectivity index (χ3n) is 11.5. The molecular weight excluding hydrogens is 1000 g/mol. The minimum Gasteiger partial charge on any atom is -0.373 e. The Hall–Kier alpha value is -8.18. The molecule has 0 fully saturated rings. The van der Waals surface area contributed by atoms with Gasteiger partial charge in [0.15, 0.2) is 93.1 Å². The minimum atomic E-state index is -2.66. The molecule has 6 nitrogen and oxygen atoms in total. The first-order valence-electron chi connectivity index (χ1n) is 20.2. The second kappa shape index (κ2) is 17.3. The fraction of sp³-hybridized carbons (Fsp3) is 0.0833. The molecule has 2 aliphatic heterocycles. The number of nitrogens with zero attached hydrogens (tertiary/aromatic N) is 4. The second-order valence-electron chi connectivity index (χ2n) is 16.1. The average Bonchev–Trinajstić information content (AvgIpc) is 4.20. The van der Waals surface area contributed by atoms with Crippen LogP contribution in [0.2, 0.25) is 0 Å². The van der Waals surface area contributed by atoms with Crippen molar-refractivity contribution in [1.82, 2.24) is 19.9 Å². The van der Waals surface area contributed by atoms with Crippen molar-refractivity contribution in [2.45, 2.75) is 0 Å². The number of aromatic amines is 2. The Labute approximate surface area is 390 Å². The predicted molar refractivity (Wildman–Crippen MR) is 228 cm³/mol. The zero-order chi connectivity index (χ0) is 52.4. The van der Waals surface area contributed by atoms with Gasteiger partial charge in [-0.1, -0.05) is 0 Å². The van der Waals surface area contributed by atoms with E-state index in [9.17, 15) is 8.78 Å². The van der Waals surface area contributed by atoms with Gasteiger partial charge in [-0.25, -0.2) is 89.0 Å². The van der Waals surface area contributed by atoms with E-state index < -0.39 is 205 Å². The summed E-state index contributed by atoms with van der Waals surface area (Å²) in [5.41, 5.74) is -20.7. The third kappa shape index (κ3) is 7.07. The SMILES string of the molecule is CN(C)c1c(F)c(F)c(-c2c3nc(c(-c4c(F)c(F)c(F)c(F)c4F)c4ccc([nH]4)c(-c4c(F)c(F)c(N(C)C)c(F)c4F)c4nc(c(-c5c(F)c(F)c(F)c(F)c5F)c5ccc2[nH]5)C=C4)C=C3)c(F)c1F. The highest BCUT2D eigenvalue weighted by molar-refractivity contribution is 6.00. The van der Waals surface area contributed by atoms with Gasteiger partial charge in [0.2, 0.25) is 11.6 Å². The zero-order valence-corrected chi connectivity index (χ0v) is 36.2. The van der Waals surface area contributed by atoms with Gasteiger partial charge < -0.3 is 19.8 Å². The van der Waals surface area contributed by atoms with Crippen LogP contribution in [0.1, 0.15) is 22.8 Å². The standard InChI is InChI=1S/C48H22F18N6/c1-71(2)47-43(63)33(53)27(34(54)44(47)64)23-17-9-5-13(67-17)21(25-29(49)37(57)41(61)38(58)30(25)50)15-7-11-19(69-15)24(28-35(55)45(65)48(72(3)4)46(66)36(28)56)20-12-8-16(70-20)22(14-6-10-18(23)68-14)26-31(51)39(59)42(62)40(60)32(26)52/h5-12,67,70H,1-4H3. The summed E-state index contributed by atoms with van der Waals surface area (Å²) >= 11 is 0. The molecule has 5 heterocycles. The van der Waals surface area contributed by atoms with Crippen molar-refractivity contribution < 1.29 is 79.0 Å². The Morgan fingerprint density at radius 2 is 0.444 bits per heavy atom. The topological polar surface area (TPSA) is 63.8 Å². The van der Waals surface area contributed by atoms with Crippen LogP contribution in [-0.4, -0.2) is 48.1 Å². The predicted octanol–water partition coefficient (Wildman–Crippen LogP) is 14.0. The Morgan fingerprint density at radius 1 is 0.264 bits per heavy atom. The number of halogens is 18. The van der Waals surface area contributed by atoms with Gasteiger partial charge in [-0.15, -0.1) is 0 Å². The van der Waals surface area contributed by atoms with Gasteiger partial charge in [0, 0.05) is 72.5 Å². The van der Waals surface area contributed by atoms with Gasteiger partial charge in [-0.05, 0) is 48.6 Å². The van der Waals surface area contributed by atoms with Gasteiger partial charge in [0.05, 0.1) is 45.0 Å². The molecule has 0 aliphatic carbocycles. The van der Waals surface area contributed by atoms with E-state index in [1.54, 1.807) is 0 Å². The Balaban J connectivity index is 1.59. The fourth-order valence-corrected chi connectivity index (χ4v) is 8.37. The number of rotatable bonds is 6. The highest BCUT2D eigenvalue weighted by Gasteiger charge is 2.35. The summed E-state index contributed by atoms with van der Waals surface area (Å²) in [6.45, 7) is 0. The van der Waals surface area contributed by atoms with Gasteiger partial charge in [-0.2, -0.15) is 0 Å². The van der Waals surface area contributed by atoms with E-state index in [0.717, 1.165) is 64.6 Å². The molecule has 0 amide bonds. The first kappa shape index (κ1) is 48.8. The van der Waals surface area contributed by atoms with Crippen LogP contribution in [0.5, 0.6) is 0 Å². The van der Waals surface area contributed by atoms with Crippen LogP contribution in [0.4, 0.5) is 90.4 Å². The first-order chi connectivity index (χ1) is 33.9. The maximum atomic E-state index is 16.4. The largest absolute Gasteiger partial charge is 0.373 e. The quantitative estimate of drug-likeness (QED) is 0.0990. The molecule has 370 valence electrons. The minimum absolute atomic E-state index is 0.635. The van der Waals surface area contributed by atoms with Crippen molar-refractivity contribution in [2.75, 3.05) is 38.0 Å². The van der Waals surface area contributed by atoms with E-state index in [-0.39, 0.29) is 0 Å². The van der Waals surface area contributed by atoms with Crippen molar-refractivity contribution in [3.05, 3.63) is 152 Å². The smallest absolute Gasteiger partial charge is 0.200 e. The van der Waals surface area contributed by atoms with E-state index in [1.807, 2.05) is 0 Å². The van der Waals surface area contributed by atoms with Gasteiger partial charge >= 0.3 is 0 Å². The molecule has 0 saturated carbocycles. The highest BCUT2D eigenvalue weighted by Crippen LogP contribution is 2.46. The lowest BCUT2D eigenvalue weighted by molar-refractivity contribution is 0.381. The lowest BCUT2D eigenvalue weighted by Gasteiger charge is -2.18. The molecule has 4 aromatic carbocycles. The highest BCUT2D eigenvalue weighted by atomic mass is 19.2. The molecule has 24 heteroatoms. The summed E-state index contributed by atoms with van der Waals surface area (Å²) in [7, 11) is 3.98. The summed E-state index contributed by atoms with van der Waals surface area (Å²) < 4.78 is 282. The number of aromatic nitrogens is 4. The Kier molecular flexibility index (Phi) is 11.7. The van der Waals surface area contributed by atoms with Gasteiger partial charge in [-0.3, -0.25) is 0 Å². The summed E-state index contributed by atoms with van der Waals surface area (Å²) in [6, 6.07) is 3.00. The molecule has 0 atom stereocenters. The number of H-pyrrole nitrogens is 2. The molecule has 72 heavy (non-hydrogen) atoms. The van der Waals surface area contributed by atoms with E-state index in [1.165, 1.54) is 0 Å². The lowest BCUT2D eigenvalue weighted by Crippen LogP contribution is -2.16. The molecule has 8 bridgehead atoms. The first-order valence-corrected chi connectivity index (χ1v) is 20.2. The van der Waals surface area contributed by atoms with Crippen molar-refractivity contribution in [3.63, 3.8) is 0 Å². The van der Waals surface area contributed by atoms with Crippen LogP contribution in [0.3, 0.4) is 0 Å². The maximum absolute atomic E-state index is 16.4. The van der Waals surface area contributed by atoms with Crippen molar-refractivity contribution >= 4 is 57.7 Å². The number of nitrogens with one attached hydrogen (secondary N) is 2. The average molecular weight is 1020 g/mol. The Morgan fingerprint density at radius 3 is 0.639 bits per heavy atom. The molecule has 7 aromatic rings. The van der Waals surface area contributed by atoms with Crippen LogP contribution in [0, 0.1) is 105 Å². The molecule has 0 unspecified atom stereocenters. The number of fused-ring (bicyclic) bond motifs is 8. The summed E-state index contributed by atoms with van der Waals surface area (Å²) in [5.74, 6) is -42.5. The number of hydrogen-bond acceptors (Lipinski definition) is 4. The number of anilines is 2. The van der Waals surface area contributed by atoms with Crippen LogP contribution in [0.25, 0.3) is 90.9 Å². The van der Waals surface area contributed by atoms with E-state index in [2.05, 4.69) is 19.9 Å². The zero-order valence-electron chi connectivity index (χ0n) is 36.2. The molecule has 2 aliphatic rings. The van der Waals surface area contributed by atoms with Crippen LogP contribution in [-0.2, 0) is 0 Å². The summed E-state index contributed by atoms with van der Waals surface area (Å²) in [5, 5.41) is 0. The molecule has 0 spiro atoms. The van der Waals surface area contributed by atoms with Crippen molar-refractivity contribution in [2.24, 2.45) is 0 Å². The monoisotopic (exact) mass is 1020 g/mol. The molecule has 0 saturated heterocycles. The summed E-state index contributed by atoms with van der Waals surface area (Å²) in [4.78, 5) is 14.3. The van der Waals surface area contributed by atoms with Crippen LogP contribution < -0.4 is 9.80 Å². The van der Waals surface area contributed by atoms with Gasteiger partial charge in [0.1, 0.15) is 11.4 Å². The molecule has 9 rings (SSSR count). The lowest BCUT2D eigenvalue weighted by atomic mass is 10.0. The molecule has 3 aromatic heterocycles. The van der Waals surface area contributed by atoms with Crippen molar-refractivity contribution in [3.8, 4) is 44.5 Å². The molecule has 0 radical (unpaired) electrons. The van der Waals surface area contributed by atoms with Crippen LogP contribution >= 0.6 is 0 Å². The van der Waals surface area contributed by atoms with E-state index >= 15 is 70.2 Å². The normalized spacial score (nSPS) is 12.2. The fourth-order valence-electron chi connectivity index (χ4n) is 8.37. The van der Waals surface area contributed by atoms with Gasteiger partial charge in [0.25, 0.3) is 0 Å². The second-order valence-corrected chi connectivity index (χ2v) is 16.1. The summed E-state index contributed by atoms with van der Waals surface area (Å²) in [6.07, 6.45) is 2.89. The Bertz CT molecular complexity index is 3450. The van der Waals surface area contributed by atoms with E-state index in [4.69, 9.17) is 0 Å².